The zero-order valence-electron chi connectivity index (χ0n) is 16.8. The summed E-state index contributed by atoms with van der Waals surface area (Å²) in [6.07, 6.45) is 2.47. The first-order chi connectivity index (χ1) is 15.0. The van der Waals surface area contributed by atoms with Gasteiger partial charge in [-0.05, 0) is 42.8 Å². The third-order valence-corrected chi connectivity index (χ3v) is 4.82. The monoisotopic (exact) mass is 437 g/mol. The Morgan fingerprint density at radius 3 is 2.71 bits per heavy atom. The van der Waals surface area contributed by atoms with E-state index >= 15 is 0 Å². The molecule has 0 saturated heterocycles. The molecule has 4 rings (SSSR count). The van der Waals surface area contributed by atoms with Crippen molar-refractivity contribution < 1.29 is 9.53 Å². The van der Waals surface area contributed by atoms with E-state index in [4.69, 9.17) is 16.3 Å². The lowest BCUT2D eigenvalue weighted by Crippen LogP contribution is -2.22. The number of aromatic nitrogens is 4. The number of nitrogens with one attached hydrogen (secondary N) is 1. The summed E-state index contributed by atoms with van der Waals surface area (Å²) < 4.78 is 9.03. The molecule has 0 aliphatic rings. The first-order valence-corrected chi connectivity index (χ1v) is 10.2. The Morgan fingerprint density at radius 2 is 1.94 bits per heavy atom. The molecule has 0 aliphatic heterocycles. The molecule has 0 saturated carbocycles. The predicted octanol–water partition coefficient (Wildman–Crippen LogP) is 3.79. The average Bonchev–Trinajstić information content (AvgIpc) is 3.17. The Hall–Kier alpha value is -3.65. The quantitative estimate of drug-likeness (QED) is 0.475. The minimum atomic E-state index is -0.285. The molecule has 2 heterocycles. The lowest BCUT2D eigenvalue weighted by atomic mass is 10.2. The van der Waals surface area contributed by atoms with Gasteiger partial charge in [-0.15, -0.1) is 0 Å². The number of carbonyl (C=O) groups excluding carboxylic acids is 1. The van der Waals surface area contributed by atoms with Crippen LogP contribution in [0.2, 0.25) is 5.02 Å². The lowest BCUT2D eigenvalue weighted by molar-refractivity contribution is 0.102. The molecule has 31 heavy (non-hydrogen) atoms. The second-order valence-electron chi connectivity index (χ2n) is 6.85. The van der Waals surface area contributed by atoms with Gasteiger partial charge in [0.1, 0.15) is 18.7 Å². The normalized spacial score (nSPS) is 10.9. The summed E-state index contributed by atoms with van der Waals surface area (Å²) in [5, 5.41) is 3.39. The van der Waals surface area contributed by atoms with Crippen LogP contribution < -0.4 is 15.6 Å². The Bertz CT molecular complexity index is 1280. The van der Waals surface area contributed by atoms with Crippen molar-refractivity contribution in [3.63, 3.8) is 0 Å². The number of rotatable bonds is 7. The molecular formula is C22H20ClN5O3. The highest BCUT2D eigenvalue weighted by atomic mass is 35.5. The van der Waals surface area contributed by atoms with Crippen LogP contribution in [-0.4, -0.2) is 25.1 Å². The van der Waals surface area contributed by atoms with Gasteiger partial charge in [-0.2, -0.15) is 9.50 Å². The van der Waals surface area contributed by atoms with Crippen LogP contribution >= 0.6 is 11.6 Å². The summed E-state index contributed by atoms with van der Waals surface area (Å²) in [5.41, 5.74) is 1.21. The maximum atomic E-state index is 12.5. The van der Waals surface area contributed by atoms with Crippen LogP contribution in [0, 0.1) is 0 Å². The van der Waals surface area contributed by atoms with Crippen LogP contribution in [0.25, 0.3) is 5.78 Å². The number of para-hydroxylation sites is 2. The number of carbonyl (C=O) groups is 1. The maximum absolute atomic E-state index is 12.5. The van der Waals surface area contributed by atoms with Crippen molar-refractivity contribution >= 4 is 29.0 Å². The van der Waals surface area contributed by atoms with Crippen LogP contribution in [0.3, 0.4) is 0 Å². The predicted molar refractivity (Wildman–Crippen MR) is 118 cm³/mol. The largest absolute Gasteiger partial charge is 0.485 e. The summed E-state index contributed by atoms with van der Waals surface area (Å²) in [6, 6.07) is 15.1. The van der Waals surface area contributed by atoms with Gasteiger partial charge in [0.25, 0.3) is 17.2 Å². The Morgan fingerprint density at radius 1 is 1.16 bits per heavy atom. The topological polar surface area (TPSA) is 90.5 Å². The smallest absolute Gasteiger partial charge is 0.274 e. The van der Waals surface area contributed by atoms with Gasteiger partial charge in [-0.25, -0.2) is 4.98 Å². The number of aryl methyl sites for hydroxylation is 1. The number of nitrogens with zero attached hydrogens (tertiary/aromatic N) is 4. The molecule has 0 atom stereocenters. The van der Waals surface area contributed by atoms with Crippen LogP contribution in [-0.2, 0) is 13.2 Å². The molecule has 9 heteroatoms. The van der Waals surface area contributed by atoms with Gasteiger partial charge >= 0.3 is 0 Å². The third-order valence-electron chi connectivity index (χ3n) is 4.57. The summed E-state index contributed by atoms with van der Waals surface area (Å²) in [4.78, 5) is 33.6. The van der Waals surface area contributed by atoms with Crippen molar-refractivity contribution in [1.82, 2.24) is 19.2 Å². The first-order valence-electron chi connectivity index (χ1n) is 9.78. The molecule has 4 aromatic rings. The molecule has 2 aromatic carbocycles. The highest BCUT2D eigenvalue weighted by molar-refractivity contribution is 6.30. The van der Waals surface area contributed by atoms with Gasteiger partial charge in [0, 0.05) is 23.2 Å². The zero-order valence-corrected chi connectivity index (χ0v) is 17.5. The van der Waals surface area contributed by atoms with Crippen molar-refractivity contribution in [2.24, 2.45) is 0 Å². The second-order valence-corrected chi connectivity index (χ2v) is 7.29. The third kappa shape index (κ3) is 4.59. The molecule has 0 unspecified atom stereocenters. The van der Waals surface area contributed by atoms with E-state index in [2.05, 4.69) is 15.3 Å². The van der Waals surface area contributed by atoms with E-state index in [9.17, 15) is 9.59 Å². The summed E-state index contributed by atoms with van der Waals surface area (Å²) >= 11 is 5.88. The van der Waals surface area contributed by atoms with E-state index in [1.807, 2.05) is 6.92 Å². The molecule has 1 amide bonds. The van der Waals surface area contributed by atoms with Crippen LogP contribution in [0.5, 0.6) is 5.75 Å². The fraction of sp³-hybridized carbons (Fsp3) is 0.182. The molecule has 0 fully saturated rings. The molecule has 0 spiro atoms. The fourth-order valence-corrected chi connectivity index (χ4v) is 3.24. The molecular weight excluding hydrogens is 418 g/mol. The van der Waals surface area contributed by atoms with E-state index in [-0.39, 0.29) is 18.1 Å². The van der Waals surface area contributed by atoms with Crippen molar-refractivity contribution in [1.29, 1.82) is 0 Å². The standard InChI is InChI=1S/C22H20ClN5O3/c1-2-11-27-14-24-22-25-17(12-20(29)28(22)27)13-31-19-6-4-3-5-18(19)26-21(30)15-7-9-16(23)10-8-15/h3-10,12,14H,2,11,13H2,1H3,(H,26,30). The van der Waals surface area contributed by atoms with E-state index in [1.165, 1.54) is 10.6 Å². The number of hydrogen-bond donors (Lipinski definition) is 1. The molecule has 158 valence electrons. The Balaban J connectivity index is 1.51. The van der Waals surface area contributed by atoms with E-state index in [0.29, 0.717) is 40.0 Å². The number of halogens is 1. The van der Waals surface area contributed by atoms with Crippen molar-refractivity contribution in [2.45, 2.75) is 26.5 Å². The minimum absolute atomic E-state index is 0.0558. The highest BCUT2D eigenvalue weighted by Gasteiger charge is 2.12. The lowest BCUT2D eigenvalue weighted by Gasteiger charge is -2.12. The zero-order chi connectivity index (χ0) is 21.8. The molecule has 8 nitrogen and oxygen atoms in total. The number of hydrogen-bond acceptors (Lipinski definition) is 5. The first kappa shape index (κ1) is 20.6. The minimum Gasteiger partial charge on any atom is -0.485 e. The van der Waals surface area contributed by atoms with Crippen LogP contribution in [0.4, 0.5) is 5.69 Å². The van der Waals surface area contributed by atoms with Crippen molar-refractivity contribution in [3.05, 3.63) is 87.6 Å². The molecule has 1 N–H and O–H groups in total. The maximum Gasteiger partial charge on any atom is 0.274 e. The van der Waals surface area contributed by atoms with Gasteiger partial charge in [0.05, 0.1) is 11.4 Å². The summed E-state index contributed by atoms with van der Waals surface area (Å²) in [7, 11) is 0. The second kappa shape index (κ2) is 9.01. The number of fused-ring (bicyclic) bond motifs is 1. The van der Waals surface area contributed by atoms with Crippen LogP contribution in [0.1, 0.15) is 29.4 Å². The highest BCUT2D eigenvalue weighted by Crippen LogP contribution is 2.25. The van der Waals surface area contributed by atoms with Gasteiger partial charge in [0.2, 0.25) is 0 Å². The average molecular weight is 438 g/mol. The number of ether oxygens (including phenoxy) is 1. The SMILES string of the molecule is CCCn1cnc2nc(COc3ccccc3NC(=O)c3ccc(Cl)cc3)cc(=O)n21. The molecule has 2 aromatic heterocycles. The molecule has 0 radical (unpaired) electrons. The summed E-state index contributed by atoms with van der Waals surface area (Å²) in [5.74, 6) is 0.499. The van der Waals surface area contributed by atoms with Gasteiger partial charge in [-0.3, -0.25) is 14.3 Å². The van der Waals surface area contributed by atoms with Gasteiger partial charge in [0.15, 0.2) is 0 Å². The van der Waals surface area contributed by atoms with E-state index < -0.39 is 0 Å². The molecule has 0 bridgehead atoms. The Labute approximate surface area is 183 Å². The number of benzene rings is 2. The number of anilines is 1. The van der Waals surface area contributed by atoms with Crippen molar-refractivity contribution in [3.8, 4) is 5.75 Å². The summed E-state index contributed by atoms with van der Waals surface area (Å²) in [6.45, 7) is 2.75. The fourth-order valence-electron chi connectivity index (χ4n) is 3.11. The van der Waals surface area contributed by atoms with Crippen molar-refractivity contribution in [2.75, 3.05) is 5.32 Å². The Kier molecular flexibility index (Phi) is 5.99. The van der Waals surface area contributed by atoms with Crippen LogP contribution in [0.15, 0.2) is 65.7 Å². The number of amides is 1. The molecule has 0 aliphatic carbocycles. The van der Waals surface area contributed by atoms with E-state index in [1.54, 1.807) is 59.5 Å². The van der Waals surface area contributed by atoms with E-state index in [0.717, 1.165) is 6.42 Å². The van der Waals surface area contributed by atoms with Gasteiger partial charge < -0.3 is 10.1 Å². The van der Waals surface area contributed by atoms with Gasteiger partial charge in [-0.1, -0.05) is 30.7 Å².